The summed E-state index contributed by atoms with van der Waals surface area (Å²) < 4.78 is 0. The van der Waals surface area contributed by atoms with E-state index in [1.165, 1.54) is 0 Å². The Balaban J connectivity index is 0.00000200. The van der Waals surface area contributed by atoms with Crippen LogP contribution in [0.25, 0.3) is 0 Å². The predicted molar refractivity (Wildman–Crippen MR) is 80.6 cm³/mol. The molecule has 0 bridgehead atoms. The number of nitrogens with two attached hydrogens (primary N) is 1. The van der Waals surface area contributed by atoms with Gasteiger partial charge in [0.1, 0.15) is 0 Å². The van der Waals surface area contributed by atoms with Gasteiger partial charge in [-0.25, -0.2) is 0 Å². The summed E-state index contributed by atoms with van der Waals surface area (Å²) in [6.07, 6.45) is 4.57. The Bertz CT molecular complexity index is 351. The average Bonchev–Trinajstić information content (AvgIpc) is 2.41. The van der Waals surface area contributed by atoms with Gasteiger partial charge in [0.05, 0.1) is 6.54 Å². The number of hydrogen-bond donors (Lipinski definition) is 1. The predicted octanol–water partition coefficient (Wildman–Crippen LogP) is 1.01. The highest BCUT2D eigenvalue weighted by Gasteiger charge is 2.30. The SMILES string of the molecule is CC1CCN(C(=O)CN2CCCCC2=O)C(CN)C1.Cl. The fraction of sp³-hybridized carbons (Fsp3) is 0.857. The van der Waals surface area contributed by atoms with Crippen molar-refractivity contribution in [1.82, 2.24) is 9.80 Å². The fourth-order valence-electron chi connectivity index (χ4n) is 3.09. The average molecular weight is 304 g/mol. The zero-order valence-electron chi connectivity index (χ0n) is 12.2. The minimum atomic E-state index is 0. The standard InChI is InChI=1S/C14H25N3O2.ClH/c1-11-5-7-17(12(8-11)9-15)14(19)10-16-6-3-2-4-13(16)18;/h11-12H,2-10,15H2,1H3;1H. The molecule has 6 heteroatoms. The number of amides is 2. The van der Waals surface area contributed by atoms with Crippen molar-refractivity contribution < 1.29 is 9.59 Å². The largest absolute Gasteiger partial charge is 0.337 e. The van der Waals surface area contributed by atoms with Gasteiger partial charge in [0.15, 0.2) is 0 Å². The van der Waals surface area contributed by atoms with Crippen LogP contribution >= 0.6 is 12.4 Å². The zero-order chi connectivity index (χ0) is 13.8. The second-order valence-electron chi connectivity index (χ2n) is 5.88. The molecule has 2 unspecified atom stereocenters. The minimum absolute atomic E-state index is 0. The summed E-state index contributed by atoms with van der Waals surface area (Å²) in [5, 5.41) is 0. The van der Waals surface area contributed by atoms with Crippen LogP contribution in [0.15, 0.2) is 0 Å². The molecule has 2 atom stereocenters. The number of piperidine rings is 2. The Kier molecular flexibility index (Phi) is 6.76. The van der Waals surface area contributed by atoms with Gasteiger partial charge in [0, 0.05) is 32.1 Å². The van der Waals surface area contributed by atoms with Crippen LogP contribution in [0, 0.1) is 5.92 Å². The van der Waals surface area contributed by atoms with Crippen molar-refractivity contribution >= 4 is 24.2 Å². The molecule has 2 N–H and O–H groups in total. The third kappa shape index (κ3) is 4.09. The van der Waals surface area contributed by atoms with E-state index in [1.807, 2.05) is 4.90 Å². The Labute approximate surface area is 127 Å². The van der Waals surface area contributed by atoms with Crippen LogP contribution in [0.4, 0.5) is 0 Å². The molecule has 0 radical (unpaired) electrons. The van der Waals surface area contributed by atoms with E-state index in [1.54, 1.807) is 4.90 Å². The number of halogens is 1. The lowest BCUT2D eigenvalue weighted by Crippen LogP contribution is -2.53. The van der Waals surface area contributed by atoms with E-state index in [0.717, 1.165) is 38.8 Å². The Hall–Kier alpha value is -0.810. The first-order valence-corrected chi connectivity index (χ1v) is 7.39. The van der Waals surface area contributed by atoms with E-state index in [4.69, 9.17) is 5.73 Å². The summed E-state index contributed by atoms with van der Waals surface area (Å²) >= 11 is 0. The molecule has 0 aromatic carbocycles. The van der Waals surface area contributed by atoms with Crippen molar-refractivity contribution in [3.63, 3.8) is 0 Å². The molecule has 0 spiro atoms. The van der Waals surface area contributed by atoms with Crippen molar-refractivity contribution in [2.75, 3.05) is 26.2 Å². The molecule has 2 amide bonds. The van der Waals surface area contributed by atoms with Gasteiger partial charge in [-0.3, -0.25) is 9.59 Å². The molecule has 0 aliphatic carbocycles. The van der Waals surface area contributed by atoms with E-state index in [-0.39, 0.29) is 36.8 Å². The smallest absolute Gasteiger partial charge is 0.242 e. The van der Waals surface area contributed by atoms with E-state index >= 15 is 0 Å². The summed E-state index contributed by atoms with van der Waals surface area (Å²) in [6.45, 7) is 4.47. The van der Waals surface area contributed by atoms with Crippen LogP contribution in [0.1, 0.15) is 39.0 Å². The second kappa shape index (κ2) is 7.84. The third-order valence-electron chi connectivity index (χ3n) is 4.32. The van der Waals surface area contributed by atoms with Crippen molar-refractivity contribution in [2.24, 2.45) is 11.7 Å². The number of hydrogen-bond acceptors (Lipinski definition) is 3. The Morgan fingerprint density at radius 2 is 2.10 bits per heavy atom. The van der Waals surface area contributed by atoms with E-state index in [2.05, 4.69) is 6.92 Å². The van der Waals surface area contributed by atoms with Crippen LogP contribution in [0.2, 0.25) is 0 Å². The molecule has 2 aliphatic heterocycles. The lowest BCUT2D eigenvalue weighted by atomic mass is 9.92. The number of likely N-dealkylation sites (tertiary alicyclic amines) is 2. The maximum atomic E-state index is 12.4. The topological polar surface area (TPSA) is 66.6 Å². The van der Waals surface area contributed by atoms with Gasteiger partial charge in [-0.1, -0.05) is 6.92 Å². The molecule has 2 fully saturated rings. The first-order chi connectivity index (χ1) is 9.11. The first kappa shape index (κ1) is 17.2. The van der Waals surface area contributed by atoms with Gasteiger partial charge < -0.3 is 15.5 Å². The molecule has 0 aromatic rings. The highest BCUT2D eigenvalue weighted by Crippen LogP contribution is 2.22. The molecule has 0 saturated carbocycles. The van der Waals surface area contributed by atoms with Crippen LogP contribution < -0.4 is 5.73 Å². The molecule has 5 nitrogen and oxygen atoms in total. The van der Waals surface area contributed by atoms with Gasteiger partial charge in [0.2, 0.25) is 11.8 Å². The molecular weight excluding hydrogens is 278 g/mol. The Morgan fingerprint density at radius 1 is 1.35 bits per heavy atom. The minimum Gasteiger partial charge on any atom is -0.337 e. The summed E-state index contributed by atoms with van der Waals surface area (Å²) in [6, 6.07) is 0.149. The van der Waals surface area contributed by atoms with Crippen molar-refractivity contribution in [2.45, 2.75) is 45.1 Å². The fourth-order valence-corrected chi connectivity index (χ4v) is 3.09. The molecule has 2 heterocycles. The van der Waals surface area contributed by atoms with Gasteiger partial charge in [-0.2, -0.15) is 0 Å². The van der Waals surface area contributed by atoms with Crippen LogP contribution in [0.5, 0.6) is 0 Å². The first-order valence-electron chi connectivity index (χ1n) is 7.39. The van der Waals surface area contributed by atoms with Gasteiger partial charge >= 0.3 is 0 Å². The van der Waals surface area contributed by atoms with Crippen LogP contribution in [-0.4, -0.2) is 53.8 Å². The lowest BCUT2D eigenvalue weighted by molar-refractivity contribution is -0.144. The zero-order valence-corrected chi connectivity index (χ0v) is 13.0. The molecule has 116 valence electrons. The monoisotopic (exact) mass is 303 g/mol. The maximum Gasteiger partial charge on any atom is 0.242 e. The molecule has 2 aliphatic rings. The van der Waals surface area contributed by atoms with Gasteiger partial charge in [-0.15, -0.1) is 12.4 Å². The molecule has 0 aromatic heterocycles. The number of nitrogens with zero attached hydrogens (tertiary/aromatic N) is 2. The van der Waals surface area contributed by atoms with E-state index < -0.39 is 0 Å². The van der Waals surface area contributed by atoms with E-state index in [9.17, 15) is 9.59 Å². The molecule has 2 rings (SSSR count). The summed E-state index contributed by atoms with van der Waals surface area (Å²) in [4.78, 5) is 27.7. The summed E-state index contributed by atoms with van der Waals surface area (Å²) in [5.41, 5.74) is 5.78. The van der Waals surface area contributed by atoms with Crippen LogP contribution in [0.3, 0.4) is 0 Å². The van der Waals surface area contributed by atoms with Crippen molar-refractivity contribution in [1.29, 1.82) is 0 Å². The second-order valence-corrected chi connectivity index (χ2v) is 5.88. The normalized spacial score (nSPS) is 27.2. The summed E-state index contributed by atoms with van der Waals surface area (Å²) in [5.74, 6) is 0.820. The molecule has 2 saturated heterocycles. The van der Waals surface area contributed by atoms with Crippen molar-refractivity contribution in [3.05, 3.63) is 0 Å². The van der Waals surface area contributed by atoms with Crippen LogP contribution in [-0.2, 0) is 9.59 Å². The van der Waals surface area contributed by atoms with Crippen molar-refractivity contribution in [3.8, 4) is 0 Å². The quantitative estimate of drug-likeness (QED) is 0.846. The highest BCUT2D eigenvalue weighted by atomic mass is 35.5. The lowest BCUT2D eigenvalue weighted by Gasteiger charge is -2.39. The van der Waals surface area contributed by atoms with Gasteiger partial charge in [-0.05, 0) is 31.6 Å². The van der Waals surface area contributed by atoms with Gasteiger partial charge in [0.25, 0.3) is 0 Å². The number of rotatable bonds is 3. The molecule has 20 heavy (non-hydrogen) atoms. The number of carbonyl (C=O) groups excluding carboxylic acids is 2. The Morgan fingerprint density at radius 3 is 2.75 bits per heavy atom. The van der Waals surface area contributed by atoms with E-state index in [0.29, 0.717) is 18.9 Å². The third-order valence-corrected chi connectivity index (χ3v) is 4.32. The summed E-state index contributed by atoms with van der Waals surface area (Å²) in [7, 11) is 0. The maximum absolute atomic E-state index is 12.4. The number of carbonyl (C=O) groups is 2. The molecular formula is C14H26ClN3O2. The highest BCUT2D eigenvalue weighted by molar-refractivity contribution is 5.85.